The van der Waals surface area contributed by atoms with Crippen molar-refractivity contribution in [2.24, 2.45) is 0 Å². The molecule has 1 rings (SSSR count). The van der Waals surface area contributed by atoms with Crippen molar-refractivity contribution in [3.05, 3.63) is 11.9 Å². The molecule has 0 aliphatic rings. The smallest absolute Gasteiger partial charge is 0.218 e. The summed E-state index contributed by atoms with van der Waals surface area (Å²) in [6.07, 6.45) is 3.19. The Kier molecular flexibility index (Phi) is 7.10. The Hall–Kier alpha value is -1.36. The Labute approximate surface area is 109 Å². The van der Waals surface area contributed by atoms with Crippen LogP contribution < -0.4 is 10.1 Å². The third-order valence-corrected chi connectivity index (χ3v) is 2.33. The molecule has 0 fully saturated rings. The van der Waals surface area contributed by atoms with Crippen molar-refractivity contribution in [1.29, 1.82) is 0 Å². The molecule has 1 heterocycles. The second kappa shape index (κ2) is 8.69. The number of unbranched alkanes of at least 4 members (excludes halogenated alkanes) is 1. The van der Waals surface area contributed by atoms with Crippen LogP contribution in [0.2, 0.25) is 0 Å². The highest BCUT2D eigenvalue weighted by atomic mass is 16.5. The summed E-state index contributed by atoms with van der Waals surface area (Å²) in [6, 6.07) is 1.84. The molecule has 5 heteroatoms. The first kappa shape index (κ1) is 14.7. The molecule has 0 spiro atoms. The molecule has 5 nitrogen and oxygen atoms in total. The number of nitrogens with zero attached hydrogens (tertiary/aromatic N) is 2. The van der Waals surface area contributed by atoms with Crippen LogP contribution in [0.5, 0.6) is 5.88 Å². The van der Waals surface area contributed by atoms with Gasteiger partial charge in [0.1, 0.15) is 12.4 Å². The Morgan fingerprint density at radius 3 is 2.72 bits per heavy atom. The molecule has 0 radical (unpaired) electrons. The molecule has 0 amide bonds. The molecule has 0 aromatic carbocycles. The van der Waals surface area contributed by atoms with Gasteiger partial charge in [0.2, 0.25) is 5.88 Å². The molecule has 0 unspecified atom stereocenters. The third kappa shape index (κ3) is 5.31. The van der Waals surface area contributed by atoms with Gasteiger partial charge in [0.15, 0.2) is 5.82 Å². The molecule has 18 heavy (non-hydrogen) atoms. The topological polar surface area (TPSA) is 56.3 Å². The lowest BCUT2D eigenvalue weighted by Crippen LogP contribution is -2.08. The minimum atomic E-state index is 0.395. The number of anilines is 1. The normalized spacial score (nSPS) is 10.4. The molecule has 0 saturated heterocycles. The zero-order chi connectivity index (χ0) is 13.2. The summed E-state index contributed by atoms with van der Waals surface area (Å²) in [7, 11) is 1.63. The van der Waals surface area contributed by atoms with E-state index in [0.29, 0.717) is 24.9 Å². The minimum Gasteiger partial charge on any atom is -0.478 e. The third-order valence-electron chi connectivity index (χ3n) is 2.33. The van der Waals surface area contributed by atoms with Gasteiger partial charge >= 0.3 is 0 Å². The van der Waals surface area contributed by atoms with Gasteiger partial charge in [-0.3, -0.25) is 0 Å². The predicted molar refractivity (Wildman–Crippen MR) is 71.9 cm³/mol. The van der Waals surface area contributed by atoms with Gasteiger partial charge in [-0.15, -0.1) is 0 Å². The first-order chi connectivity index (χ1) is 8.80. The van der Waals surface area contributed by atoms with Gasteiger partial charge in [-0.2, -0.15) is 4.98 Å². The number of hydrogen-bond donors (Lipinski definition) is 1. The number of aromatic nitrogens is 2. The molecule has 0 atom stereocenters. The Morgan fingerprint density at radius 1 is 1.22 bits per heavy atom. The standard InChI is InChI=1S/C13H23N3O2/c1-4-6-8-18-13-9-11(14-7-5-2)15-12(16-13)10-17-3/h9H,4-8,10H2,1-3H3,(H,14,15,16). The fourth-order valence-electron chi connectivity index (χ4n) is 1.41. The Morgan fingerprint density at radius 2 is 2.06 bits per heavy atom. The van der Waals surface area contributed by atoms with Crippen molar-refractivity contribution in [3.63, 3.8) is 0 Å². The highest BCUT2D eigenvalue weighted by Crippen LogP contribution is 2.14. The van der Waals surface area contributed by atoms with E-state index in [0.717, 1.165) is 31.6 Å². The summed E-state index contributed by atoms with van der Waals surface area (Å²) >= 11 is 0. The molecule has 0 aliphatic heterocycles. The van der Waals surface area contributed by atoms with Gasteiger partial charge in [0.05, 0.1) is 6.61 Å². The quantitative estimate of drug-likeness (QED) is 0.686. The van der Waals surface area contributed by atoms with Crippen LogP contribution in [-0.2, 0) is 11.3 Å². The molecule has 1 N–H and O–H groups in total. The lowest BCUT2D eigenvalue weighted by molar-refractivity contribution is 0.176. The molecule has 0 aliphatic carbocycles. The average molecular weight is 253 g/mol. The fraction of sp³-hybridized carbons (Fsp3) is 0.692. The highest BCUT2D eigenvalue weighted by Gasteiger charge is 2.05. The van der Waals surface area contributed by atoms with E-state index in [1.54, 1.807) is 7.11 Å². The van der Waals surface area contributed by atoms with Gasteiger partial charge in [-0.25, -0.2) is 4.98 Å². The summed E-state index contributed by atoms with van der Waals surface area (Å²) in [5.41, 5.74) is 0. The molecular formula is C13H23N3O2. The van der Waals surface area contributed by atoms with Crippen molar-refractivity contribution in [3.8, 4) is 5.88 Å². The Balaban J connectivity index is 2.70. The molecule has 1 aromatic heterocycles. The number of ether oxygens (including phenoxy) is 2. The predicted octanol–water partition coefficient (Wildman–Crippen LogP) is 2.62. The second-order valence-electron chi connectivity index (χ2n) is 4.07. The van der Waals surface area contributed by atoms with Crippen LogP contribution in [0.1, 0.15) is 38.9 Å². The maximum absolute atomic E-state index is 5.61. The van der Waals surface area contributed by atoms with Gasteiger partial charge < -0.3 is 14.8 Å². The number of hydrogen-bond acceptors (Lipinski definition) is 5. The number of nitrogens with one attached hydrogen (secondary N) is 1. The maximum Gasteiger partial charge on any atom is 0.218 e. The highest BCUT2D eigenvalue weighted by molar-refractivity contribution is 5.38. The summed E-state index contributed by atoms with van der Waals surface area (Å²) in [4.78, 5) is 8.67. The molecule has 0 bridgehead atoms. The first-order valence-corrected chi connectivity index (χ1v) is 6.53. The maximum atomic E-state index is 5.61. The minimum absolute atomic E-state index is 0.395. The van der Waals surface area contributed by atoms with Crippen molar-refractivity contribution in [2.75, 3.05) is 25.6 Å². The van der Waals surface area contributed by atoms with E-state index in [2.05, 4.69) is 29.1 Å². The van der Waals surface area contributed by atoms with Crippen molar-refractivity contribution >= 4 is 5.82 Å². The van der Waals surface area contributed by atoms with Crippen LogP contribution in [0.4, 0.5) is 5.82 Å². The van der Waals surface area contributed by atoms with Crippen LogP contribution in [0.25, 0.3) is 0 Å². The van der Waals surface area contributed by atoms with Crippen molar-refractivity contribution in [1.82, 2.24) is 9.97 Å². The van der Waals surface area contributed by atoms with Crippen LogP contribution in [-0.4, -0.2) is 30.2 Å². The molecular weight excluding hydrogens is 230 g/mol. The lowest BCUT2D eigenvalue weighted by Gasteiger charge is -2.10. The van der Waals surface area contributed by atoms with E-state index in [-0.39, 0.29) is 0 Å². The molecule has 1 aromatic rings. The second-order valence-corrected chi connectivity index (χ2v) is 4.07. The number of rotatable bonds is 9. The largest absolute Gasteiger partial charge is 0.478 e. The number of methoxy groups -OCH3 is 1. The fourth-order valence-corrected chi connectivity index (χ4v) is 1.41. The van der Waals surface area contributed by atoms with Crippen LogP contribution >= 0.6 is 0 Å². The van der Waals surface area contributed by atoms with Crippen LogP contribution in [0, 0.1) is 0 Å². The summed E-state index contributed by atoms with van der Waals surface area (Å²) < 4.78 is 10.7. The van der Waals surface area contributed by atoms with Crippen LogP contribution in [0.3, 0.4) is 0 Å². The van der Waals surface area contributed by atoms with E-state index in [4.69, 9.17) is 9.47 Å². The monoisotopic (exact) mass is 253 g/mol. The first-order valence-electron chi connectivity index (χ1n) is 6.53. The van der Waals surface area contributed by atoms with Crippen LogP contribution in [0.15, 0.2) is 6.07 Å². The summed E-state index contributed by atoms with van der Waals surface area (Å²) in [5.74, 6) is 2.06. The SMILES string of the molecule is CCCCOc1cc(NCCC)nc(COC)n1. The molecule has 0 saturated carbocycles. The summed E-state index contributed by atoms with van der Waals surface area (Å²) in [6.45, 7) is 6.22. The van der Waals surface area contributed by atoms with Crippen molar-refractivity contribution < 1.29 is 9.47 Å². The van der Waals surface area contributed by atoms with E-state index in [9.17, 15) is 0 Å². The van der Waals surface area contributed by atoms with E-state index in [1.807, 2.05) is 6.07 Å². The average Bonchev–Trinajstić information content (AvgIpc) is 2.37. The lowest BCUT2D eigenvalue weighted by atomic mass is 10.4. The van der Waals surface area contributed by atoms with E-state index in [1.165, 1.54) is 0 Å². The van der Waals surface area contributed by atoms with Crippen molar-refractivity contribution in [2.45, 2.75) is 39.7 Å². The van der Waals surface area contributed by atoms with E-state index >= 15 is 0 Å². The zero-order valence-corrected chi connectivity index (χ0v) is 11.5. The van der Waals surface area contributed by atoms with Gasteiger partial charge in [0, 0.05) is 19.7 Å². The van der Waals surface area contributed by atoms with Gasteiger partial charge in [0.25, 0.3) is 0 Å². The van der Waals surface area contributed by atoms with E-state index < -0.39 is 0 Å². The summed E-state index contributed by atoms with van der Waals surface area (Å²) in [5, 5.41) is 3.24. The molecule has 102 valence electrons. The van der Waals surface area contributed by atoms with Gasteiger partial charge in [-0.05, 0) is 12.8 Å². The zero-order valence-electron chi connectivity index (χ0n) is 11.5. The Bertz CT molecular complexity index is 345. The van der Waals surface area contributed by atoms with Gasteiger partial charge in [-0.1, -0.05) is 20.3 Å².